The van der Waals surface area contributed by atoms with Crippen molar-refractivity contribution < 1.29 is 14.3 Å². The zero-order valence-corrected chi connectivity index (χ0v) is 13.1. The molecule has 0 bridgehead atoms. The molecule has 2 aromatic rings. The molecule has 0 atom stereocenters. The number of aliphatic hydroxyl groups excluding tert-OH is 1. The summed E-state index contributed by atoms with van der Waals surface area (Å²) in [6.07, 6.45) is 7.47. The summed E-state index contributed by atoms with van der Waals surface area (Å²) in [5.74, 6) is 0.431. The predicted molar refractivity (Wildman–Crippen MR) is 84.5 cm³/mol. The largest absolute Gasteiger partial charge is 0.472 e. The summed E-state index contributed by atoms with van der Waals surface area (Å²) < 4.78 is 5.05. The van der Waals surface area contributed by atoms with Crippen molar-refractivity contribution >= 4 is 17.2 Å². The standard InChI is InChI=1S/C16H20N2O3S/c19-8-11-1-3-13(4-2-11)17-15(20)7-14-10-22-16(18-14)12-5-6-21-9-12/h5-6,9-11,13,19H,1-4,7-8H2,(H,17,20). The molecule has 2 N–H and O–H groups in total. The maximum absolute atomic E-state index is 12.1. The first-order valence-corrected chi connectivity index (χ1v) is 8.49. The van der Waals surface area contributed by atoms with E-state index in [4.69, 9.17) is 9.52 Å². The number of amides is 1. The Morgan fingerprint density at radius 3 is 2.91 bits per heavy atom. The number of rotatable bonds is 5. The summed E-state index contributed by atoms with van der Waals surface area (Å²) in [4.78, 5) is 16.6. The molecule has 1 aliphatic rings. The third-order valence-corrected chi connectivity index (χ3v) is 5.07. The van der Waals surface area contributed by atoms with Crippen LogP contribution in [0.2, 0.25) is 0 Å². The average molecular weight is 320 g/mol. The summed E-state index contributed by atoms with van der Waals surface area (Å²) in [7, 11) is 0. The van der Waals surface area contributed by atoms with Gasteiger partial charge in [-0.05, 0) is 37.7 Å². The number of thiazole rings is 1. The molecule has 0 aliphatic heterocycles. The third kappa shape index (κ3) is 3.75. The molecule has 118 valence electrons. The number of nitrogens with zero attached hydrogens (tertiary/aromatic N) is 1. The topological polar surface area (TPSA) is 75.4 Å². The minimum Gasteiger partial charge on any atom is -0.472 e. The molecule has 22 heavy (non-hydrogen) atoms. The van der Waals surface area contributed by atoms with Crippen LogP contribution in [0.15, 0.2) is 28.4 Å². The van der Waals surface area contributed by atoms with Gasteiger partial charge in [0.25, 0.3) is 0 Å². The molecular formula is C16H20N2O3S. The van der Waals surface area contributed by atoms with Crippen molar-refractivity contribution in [1.82, 2.24) is 10.3 Å². The van der Waals surface area contributed by atoms with Crippen LogP contribution in [0, 0.1) is 5.92 Å². The zero-order valence-electron chi connectivity index (χ0n) is 12.3. The number of nitrogens with one attached hydrogen (secondary N) is 1. The minimum absolute atomic E-state index is 0.0245. The van der Waals surface area contributed by atoms with E-state index in [0.29, 0.717) is 12.3 Å². The predicted octanol–water partition coefficient (Wildman–Crippen LogP) is 2.61. The second-order valence-electron chi connectivity index (χ2n) is 5.80. The number of carbonyl (C=O) groups is 1. The fraction of sp³-hybridized carbons (Fsp3) is 0.500. The Morgan fingerprint density at radius 2 is 2.23 bits per heavy atom. The molecule has 2 aromatic heterocycles. The van der Waals surface area contributed by atoms with E-state index in [1.807, 2.05) is 11.4 Å². The highest BCUT2D eigenvalue weighted by atomic mass is 32.1. The van der Waals surface area contributed by atoms with Crippen LogP contribution in [0.5, 0.6) is 0 Å². The van der Waals surface area contributed by atoms with Crippen molar-refractivity contribution in [3.05, 3.63) is 29.7 Å². The zero-order chi connectivity index (χ0) is 15.4. The smallest absolute Gasteiger partial charge is 0.226 e. The Morgan fingerprint density at radius 1 is 1.41 bits per heavy atom. The first-order valence-electron chi connectivity index (χ1n) is 7.62. The molecule has 5 nitrogen and oxygen atoms in total. The van der Waals surface area contributed by atoms with Crippen LogP contribution < -0.4 is 5.32 Å². The monoisotopic (exact) mass is 320 g/mol. The van der Waals surface area contributed by atoms with Gasteiger partial charge in [0.15, 0.2) is 0 Å². The van der Waals surface area contributed by atoms with Gasteiger partial charge in [0, 0.05) is 23.6 Å². The molecule has 3 rings (SSSR count). The minimum atomic E-state index is 0.0245. The maximum atomic E-state index is 12.1. The van der Waals surface area contributed by atoms with E-state index in [9.17, 15) is 4.79 Å². The highest BCUT2D eigenvalue weighted by molar-refractivity contribution is 7.13. The lowest BCUT2D eigenvalue weighted by Gasteiger charge is -2.27. The van der Waals surface area contributed by atoms with E-state index in [1.54, 1.807) is 12.5 Å². The van der Waals surface area contributed by atoms with Gasteiger partial charge in [0.05, 0.1) is 18.4 Å². The summed E-state index contributed by atoms with van der Waals surface area (Å²) >= 11 is 1.52. The van der Waals surface area contributed by atoms with Crippen LogP contribution in [-0.4, -0.2) is 28.6 Å². The molecule has 0 aromatic carbocycles. The van der Waals surface area contributed by atoms with Crippen molar-refractivity contribution in [2.45, 2.75) is 38.1 Å². The van der Waals surface area contributed by atoms with Crippen molar-refractivity contribution in [3.63, 3.8) is 0 Å². The summed E-state index contributed by atoms with van der Waals surface area (Å²) in [5.41, 5.74) is 1.74. The second kappa shape index (κ2) is 7.07. The van der Waals surface area contributed by atoms with E-state index >= 15 is 0 Å². The van der Waals surface area contributed by atoms with Crippen LogP contribution in [0.4, 0.5) is 0 Å². The van der Waals surface area contributed by atoms with Gasteiger partial charge in [-0.2, -0.15) is 0 Å². The number of carbonyl (C=O) groups excluding carboxylic acids is 1. The summed E-state index contributed by atoms with van der Waals surface area (Å²) in [6.45, 7) is 0.260. The SMILES string of the molecule is O=C(Cc1csc(-c2ccoc2)n1)NC1CCC(CO)CC1. The number of hydrogen-bond donors (Lipinski definition) is 2. The van der Waals surface area contributed by atoms with Crippen LogP contribution in [0.25, 0.3) is 10.6 Å². The number of aliphatic hydroxyl groups is 1. The van der Waals surface area contributed by atoms with Gasteiger partial charge >= 0.3 is 0 Å². The summed E-state index contributed by atoms with van der Waals surface area (Å²) in [6, 6.07) is 2.10. The van der Waals surface area contributed by atoms with E-state index in [-0.39, 0.29) is 18.6 Å². The van der Waals surface area contributed by atoms with Crippen LogP contribution >= 0.6 is 11.3 Å². The fourth-order valence-electron chi connectivity index (χ4n) is 2.84. The van der Waals surface area contributed by atoms with Crippen LogP contribution in [-0.2, 0) is 11.2 Å². The Labute approximate surface area is 133 Å². The van der Waals surface area contributed by atoms with Gasteiger partial charge in [0.1, 0.15) is 11.3 Å². The summed E-state index contributed by atoms with van der Waals surface area (Å²) in [5, 5.41) is 15.0. The number of aromatic nitrogens is 1. The Balaban J connectivity index is 1.50. The fourth-order valence-corrected chi connectivity index (χ4v) is 3.65. The average Bonchev–Trinajstić information content (AvgIpc) is 3.19. The van der Waals surface area contributed by atoms with Gasteiger partial charge in [-0.1, -0.05) is 0 Å². The number of hydrogen-bond acceptors (Lipinski definition) is 5. The van der Waals surface area contributed by atoms with Crippen molar-refractivity contribution in [3.8, 4) is 10.6 Å². The van der Waals surface area contributed by atoms with E-state index in [1.165, 1.54) is 11.3 Å². The van der Waals surface area contributed by atoms with Gasteiger partial charge < -0.3 is 14.8 Å². The van der Waals surface area contributed by atoms with Gasteiger partial charge in [0.2, 0.25) is 5.91 Å². The molecule has 6 heteroatoms. The van der Waals surface area contributed by atoms with Gasteiger partial charge in [-0.25, -0.2) is 4.98 Å². The quantitative estimate of drug-likeness (QED) is 0.888. The lowest BCUT2D eigenvalue weighted by Crippen LogP contribution is -2.38. The van der Waals surface area contributed by atoms with Crippen molar-refractivity contribution in [2.75, 3.05) is 6.61 Å². The molecule has 2 heterocycles. The first kappa shape index (κ1) is 15.2. The Hall–Kier alpha value is -1.66. The highest BCUT2D eigenvalue weighted by Gasteiger charge is 2.22. The molecule has 0 spiro atoms. The molecule has 0 radical (unpaired) electrons. The molecule has 1 fully saturated rings. The maximum Gasteiger partial charge on any atom is 0.226 e. The first-order chi connectivity index (χ1) is 10.7. The molecule has 0 saturated heterocycles. The van der Waals surface area contributed by atoms with Crippen LogP contribution in [0.3, 0.4) is 0 Å². The normalized spacial score (nSPS) is 21.7. The highest BCUT2D eigenvalue weighted by Crippen LogP contribution is 2.25. The van der Waals surface area contributed by atoms with Crippen LogP contribution in [0.1, 0.15) is 31.4 Å². The Kier molecular flexibility index (Phi) is 4.90. The van der Waals surface area contributed by atoms with E-state index in [2.05, 4.69) is 10.3 Å². The van der Waals surface area contributed by atoms with Crippen molar-refractivity contribution in [2.24, 2.45) is 5.92 Å². The number of furan rings is 1. The molecule has 1 amide bonds. The third-order valence-electron chi connectivity index (χ3n) is 4.13. The van der Waals surface area contributed by atoms with Crippen molar-refractivity contribution in [1.29, 1.82) is 0 Å². The molecular weight excluding hydrogens is 300 g/mol. The lowest BCUT2D eigenvalue weighted by molar-refractivity contribution is -0.121. The Bertz CT molecular complexity index is 601. The van der Waals surface area contributed by atoms with Gasteiger partial charge in [-0.3, -0.25) is 4.79 Å². The lowest BCUT2D eigenvalue weighted by atomic mass is 9.86. The van der Waals surface area contributed by atoms with Gasteiger partial charge in [-0.15, -0.1) is 11.3 Å². The van der Waals surface area contributed by atoms with E-state index < -0.39 is 0 Å². The molecule has 1 saturated carbocycles. The second-order valence-corrected chi connectivity index (χ2v) is 6.66. The molecule has 0 unspecified atom stereocenters. The molecule has 1 aliphatic carbocycles. The van der Waals surface area contributed by atoms with E-state index in [0.717, 1.165) is 41.9 Å².